The van der Waals surface area contributed by atoms with Crippen molar-refractivity contribution < 1.29 is 4.74 Å². The molecule has 0 atom stereocenters. The van der Waals surface area contributed by atoms with E-state index >= 15 is 0 Å². The quantitative estimate of drug-likeness (QED) is 0.559. The number of hydrogen-bond donors (Lipinski definition) is 1. The Kier molecular flexibility index (Phi) is 6.13. The van der Waals surface area contributed by atoms with Gasteiger partial charge in [0.25, 0.3) is 0 Å². The van der Waals surface area contributed by atoms with Gasteiger partial charge in [-0.3, -0.25) is 0 Å². The van der Waals surface area contributed by atoms with Crippen molar-refractivity contribution in [1.29, 1.82) is 0 Å². The summed E-state index contributed by atoms with van der Waals surface area (Å²) >= 11 is 0. The first-order valence-corrected chi connectivity index (χ1v) is 5.66. The van der Waals surface area contributed by atoms with E-state index in [1.54, 1.807) is 0 Å². The second-order valence-electron chi connectivity index (χ2n) is 3.72. The summed E-state index contributed by atoms with van der Waals surface area (Å²) < 4.78 is 5.59. The first kappa shape index (κ1) is 12.6. The average molecular weight is 217 g/mol. The monoisotopic (exact) mass is 217 g/mol. The molecule has 0 fully saturated rings. The smallest absolute Gasteiger partial charge is 0.119 e. The van der Waals surface area contributed by atoms with Crippen LogP contribution < -0.4 is 10.1 Å². The Bertz CT molecular complexity index is 341. The van der Waals surface area contributed by atoms with Crippen LogP contribution in [0.15, 0.2) is 24.3 Å². The van der Waals surface area contributed by atoms with E-state index < -0.39 is 0 Å². The third-order valence-corrected chi connectivity index (χ3v) is 2.21. The van der Waals surface area contributed by atoms with E-state index in [0.717, 1.165) is 31.7 Å². The van der Waals surface area contributed by atoms with Gasteiger partial charge in [0.15, 0.2) is 0 Å². The van der Waals surface area contributed by atoms with Gasteiger partial charge in [-0.1, -0.05) is 12.1 Å². The van der Waals surface area contributed by atoms with Crippen molar-refractivity contribution in [3.05, 3.63) is 29.8 Å². The van der Waals surface area contributed by atoms with E-state index in [-0.39, 0.29) is 0 Å². The summed E-state index contributed by atoms with van der Waals surface area (Å²) in [5.74, 6) is 3.56. The van der Waals surface area contributed by atoms with Gasteiger partial charge in [-0.05, 0) is 37.6 Å². The standard InChI is InChI=1S/C14H19NO/c1-3-4-5-9-15-10-11-16-14-8-6-7-13(2)12-14/h1,6-8,12,15H,4-5,9-11H2,2H3. The second kappa shape index (κ2) is 7.78. The molecule has 1 aromatic rings. The van der Waals surface area contributed by atoms with Crippen LogP contribution in [0.5, 0.6) is 5.75 Å². The Hall–Kier alpha value is -1.46. The molecule has 0 aliphatic carbocycles. The van der Waals surface area contributed by atoms with Gasteiger partial charge in [-0.2, -0.15) is 0 Å². The molecule has 0 aromatic heterocycles. The van der Waals surface area contributed by atoms with Crippen LogP contribution in [0.1, 0.15) is 18.4 Å². The Balaban J connectivity index is 2.05. The molecule has 2 nitrogen and oxygen atoms in total. The lowest BCUT2D eigenvalue weighted by Gasteiger charge is -2.07. The van der Waals surface area contributed by atoms with Crippen LogP contribution in [0.25, 0.3) is 0 Å². The molecule has 0 unspecified atom stereocenters. The molecule has 0 amide bonds. The molecule has 0 aliphatic heterocycles. The van der Waals surface area contributed by atoms with Crippen molar-refractivity contribution in [2.45, 2.75) is 19.8 Å². The maximum Gasteiger partial charge on any atom is 0.119 e. The van der Waals surface area contributed by atoms with Crippen molar-refractivity contribution in [1.82, 2.24) is 5.32 Å². The zero-order valence-corrected chi connectivity index (χ0v) is 9.83. The fourth-order valence-corrected chi connectivity index (χ4v) is 1.39. The number of aryl methyl sites for hydroxylation is 1. The van der Waals surface area contributed by atoms with Gasteiger partial charge in [0, 0.05) is 13.0 Å². The molecule has 86 valence electrons. The summed E-state index contributed by atoms with van der Waals surface area (Å²) in [6, 6.07) is 8.08. The first-order valence-electron chi connectivity index (χ1n) is 5.66. The number of ether oxygens (including phenoxy) is 1. The van der Waals surface area contributed by atoms with Crippen molar-refractivity contribution in [2.24, 2.45) is 0 Å². The summed E-state index contributed by atoms with van der Waals surface area (Å²) in [6.07, 6.45) is 7.02. The normalized spacial score (nSPS) is 9.75. The fraction of sp³-hybridized carbons (Fsp3) is 0.429. The highest BCUT2D eigenvalue weighted by atomic mass is 16.5. The van der Waals surface area contributed by atoms with Gasteiger partial charge in [-0.15, -0.1) is 12.3 Å². The predicted octanol–water partition coefficient (Wildman–Crippen LogP) is 2.38. The number of rotatable bonds is 7. The maximum atomic E-state index is 5.59. The molecule has 0 aliphatic rings. The van der Waals surface area contributed by atoms with Gasteiger partial charge in [0.1, 0.15) is 12.4 Å². The van der Waals surface area contributed by atoms with Crippen molar-refractivity contribution in [3.63, 3.8) is 0 Å². The van der Waals surface area contributed by atoms with Gasteiger partial charge < -0.3 is 10.1 Å². The summed E-state index contributed by atoms with van der Waals surface area (Å²) in [7, 11) is 0. The Labute approximate surface area is 98.0 Å². The third kappa shape index (κ3) is 5.43. The van der Waals surface area contributed by atoms with Gasteiger partial charge in [-0.25, -0.2) is 0 Å². The van der Waals surface area contributed by atoms with E-state index in [2.05, 4.69) is 24.2 Å². The Morgan fingerprint density at radius 2 is 2.25 bits per heavy atom. The third-order valence-electron chi connectivity index (χ3n) is 2.21. The van der Waals surface area contributed by atoms with E-state index in [9.17, 15) is 0 Å². The van der Waals surface area contributed by atoms with E-state index in [0.29, 0.717) is 6.61 Å². The summed E-state index contributed by atoms with van der Waals surface area (Å²) in [6.45, 7) is 4.57. The summed E-state index contributed by atoms with van der Waals surface area (Å²) in [4.78, 5) is 0. The number of unbranched alkanes of at least 4 members (excludes halogenated alkanes) is 1. The van der Waals surface area contributed by atoms with E-state index in [1.165, 1.54) is 5.56 Å². The number of terminal acetylenes is 1. The topological polar surface area (TPSA) is 21.3 Å². The lowest BCUT2D eigenvalue weighted by molar-refractivity contribution is 0.314. The molecular formula is C14H19NO. The van der Waals surface area contributed by atoms with Crippen LogP contribution in [-0.4, -0.2) is 19.7 Å². The Morgan fingerprint density at radius 1 is 1.38 bits per heavy atom. The molecule has 1 aromatic carbocycles. The highest BCUT2D eigenvalue weighted by Gasteiger charge is 1.93. The minimum Gasteiger partial charge on any atom is -0.492 e. The minimum absolute atomic E-state index is 0.694. The lowest BCUT2D eigenvalue weighted by Crippen LogP contribution is -2.22. The molecular weight excluding hydrogens is 198 g/mol. The van der Waals surface area contributed by atoms with Crippen molar-refractivity contribution in [3.8, 4) is 18.1 Å². The van der Waals surface area contributed by atoms with E-state index in [4.69, 9.17) is 11.2 Å². The van der Waals surface area contributed by atoms with Crippen LogP contribution in [0, 0.1) is 19.3 Å². The van der Waals surface area contributed by atoms with Gasteiger partial charge in [0.05, 0.1) is 0 Å². The van der Waals surface area contributed by atoms with Crippen LogP contribution >= 0.6 is 0 Å². The highest BCUT2D eigenvalue weighted by molar-refractivity contribution is 5.27. The number of benzene rings is 1. The molecule has 0 saturated carbocycles. The van der Waals surface area contributed by atoms with Crippen LogP contribution in [0.2, 0.25) is 0 Å². The van der Waals surface area contributed by atoms with E-state index in [1.807, 2.05) is 18.2 Å². The molecule has 0 heterocycles. The highest BCUT2D eigenvalue weighted by Crippen LogP contribution is 2.11. The number of hydrogen-bond acceptors (Lipinski definition) is 2. The van der Waals surface area contributed by atoms with Crippen LogP contribution in [-0.2, 0) is 0 Å². The first-order chi connectivity index (χ1) is 7.83. The molecule has 0 radical (unpaired) electrons. The largest absolute Gasteiger partial charge is 0.492 e. The molecule has 2 heteroatoms. The lowest BCUT2D eigenvalue weighted by atomic mass is 10.2. The van der Waals surface area contributed by atoms with Gasteiger partial charge >= 0.3 is 0 Å². The second-order valence-corrected chi connectivity index (χ2v) is 3.72. The number of nitrogens with one attached hydrogen (secondary N) is 1. The molecule has 16 heavy (non-hydrogen) atoms. The van der Waals surface area contributed by atoms with Gasteiger partial charge in [0.2, 0.25) is 0 Å². The zero-order valence-electron chi connectivity index (χ0n) is 9.83. The zero-order chi connectivity index (χ0) is 11.6. The van der Waals surface area contributed by atoms with Crippen molar-refractivity contribution in [2.75, 3.05) is 19.7 Å². The predicted molar refractivity (Wildman–Crippen MR) is 67.6 cm³/mol. The minimum atomic E-state index is 0.694. The van der Waals surface area contributed by atoms with Crippen LogP contribution in [0.3, 0.4) is 0 Å². The fourth-order valence-electron chi connectivity index (χ4n) is 1.39. The van der Waals surface area contributed by atoms with Crippen molar-refractivity contribution >= 4 is 0 Å². The summed E-state index contributed by atoms with van der Waals surface area (Å²) in [5.41, 5.74) is 1.22. The molecule has 0 bridgehead atoms. The average Bonchev–Trinajstić information content (AvgIpc) is 2.28. The van der Waals surface area contributed by atoms with Crippen LogP contribution in [0.4, 0.5) is 0 Å². The maximum absolute atomic E-state index is 5.59. The molecule has 1 N–H and O–H groups in total. The molecule has 1 rings (SSSR count). The SMILES string of the molecule is C#CCCCNCCOc1cccc(C)c1. The summed E-state index contributed by atoms with van der Waals surface area (Å²) in [5, 5.41) is 3.28. The Morgan fingerprint density at radius 3 is 3.00 bits per heavy atom. The molecule has 0 spiro atoms. The molecule has 0 saturated heterocycles.